The van der Waals surface area contributed by atoms with Crippen molar-refractivity contribution >= 4 is 17.7 Å². The highest BCUT2D eigenvalue weighted by Gasteiger charge is 2.43. The van der Waals surface area contributed by atoms with Crippen molar-refractivity contribution in [3.8, 4) is 0 Å². The summed E-state index contributed by atoms with van der Waals surface area (Å²) in [6.45, 7) is 8.48. The van der Waals surface area contributed by atoms with Gasteiger partial charge in [-0.05, 0) is 26.2 Å². The summed E-state index contributed by atoms with van der Waals surface area (Å²) >= 11 is 0. The fourth-order valence-electron chi connectivity index (χ4n) is 4.49. The van der Waals surface area contributed by atoms with Crippen LogP contribution in [0.3, 0.4) is 0 Å². The van der Waals surface area contributed by atoms with E-state index in [9.17, 15) is 14.4 Å². The summed E-state index contributed by atoms with van der Waals surface area (Å²) in [6.07, 6.45) is 4.37. The van der Waals surface area contributed by atoms with E-state index in [1.165, 1.54) is 0 Å². The molecule has 7 nitrogen and oxygen atoms in total. The predicted molar refractivity (Wildman–Crippen MR) is 101 cm³/mol. The molecule has 0 aromatic rings. The zero-order valence-corrected chi connectivity index (χ0v) is 16.7. The number of unbranched alkanes of at least 4 members (excludes halogenated alkanes) is 1. The van der Waals surface area contributed by atoms with Gasteiger partial charge < -0.3 is 19.4 Å². The lowest BCUT2D eigenvalue weighted by Gasteiger charge is -2.43. The average molecular weight is 380 g/mol. The maximum Gasteiger partial charge on any atom is 0.227 e. The van der Waals surface area contributed by atoms with Crippen molar-refractivity contribution in [1.29, 1.82) is 0 Å². The van der Waals surface area contributed by atoms with Crippen LogP contribution in [0, 0.1) is 5.92 Å². The van der Waals surface area contributed by atoms with Gasteiger partial charge in [0, 0.05) is 45.7 Å². The van der Waals surface area contributed by atoms with E-state index in [1.54, 1.807) is 4.90 Å². The average Bonchev–Trinajstić information content (AvgIpc) is 2.98. The Morgan fingerprint density at radius 2 is 1.89 bits per heavy atom. The van der Waals surface area contributed by atoms with Crippen molar-refractivity contribution < 1.29 is 19.1 Å². The third-order valence-electron chi connectivity index (χ3n) is 6.27. The molecule has 152 valence electrons. The molecule has 1 spiro atoms. The van der Waals surface area contributed by atoms with Crippen LogP contribution in [0.1, 0.15) is 52.4 Å². The molecule has 0 aromatic carbocycles. The van der Waals surface area contributed by atoms with Gasteiger partial charge in [0.25, 0.3) is 0 Å². The number of piperidine rings is 1. The van der Waals surface area contributed by atoms with Crippen molar-refractivity contribution in [2.45, 2.75) is 58.0 Å². The van der Waals surface area contributed by atoms with Crippen molar-refractivity contribution in [2.75, 3.05) is 45.9 Å². The highest BCUT2D eigenvalue weighted by molar-refractivity contribution is 5.89. The number of nitrogens with zero attached hydrogens (tertiary/aromatic N) is 3. The van der Waals surface area contributed by atoms with Crippen LogP contribution in [0.5, 0.6) is 0 Å². The predicted octanol–water partition coefficient (Wildman–Crippen LogP) is 1.26. The van der Waals surface area contributed by atoms with Crippen LogP contribution in [0.25, 0.3) is 0 Å². The Balaban J connectivity index is 1.58. The van der Waals surface area contributed by atoms with Gasteiger partial charge in [-0.15, -0.1) is 0 Å². The number of hydrogen-bond donors (Lipinski definition) is 0. The summed E-state index contributed by atoms with van der Waals surface area (Å²) < 4.78 is 6.15. The summed E-state index contributed by atoms with van der Waals surface area (Å²) in [5.41, 5.74) is -0.322. The van der Waals surface area contributed by atoms with Gasteiger partial charge in [0.1, 0.15) is 0 Å². The van der Waals surface area contributed by atoms with Crippen LogP contribution in [-0.4, -0.2) is 83.9 Å². The molecular weight excluding hydrogens is 346 g/mol. The van der Waals surface area contributed by atoms with Crippen LogP contribution < -0.4 is 0 Å². The molecule has 3 amide bonds. The minimum absolute atomic E-state index is 0.0847. The van der Waals surface area contributed by atoms with Crippen LogP contribution >= 0.6 is 0 Å². The number of hydrogen-bond acceptors (Lipinski definition) is 4. The molecular formula is C20H33N3O4. The van der Waals surface area contributed by atoms with E-state index in [2.05, 4.69) is 6.92 Å². The second-order valence-electron chi connectivity index (χ2n) is 8.11. The molecule has 0 saturated carbocycles. The molecule has 0 aliphatic carbocycles. The van der Waals surface area contributed by atoms with E-state index < -0.39 is 0 Å². The van der Waals surface area contributed by atoms with E-state index in [0.29, 0.717) is 52.2 Å². The molecule has 0 N–H and O–H groups in total. The van der Waals surface area contributed by atoms with Crippen molar-refractivity contribution in [3.63, 3.8) is 0 Å². The minimum atomic E-state index is -0.322. The molecule has 1 atom stereocenters. The largest absolute Gasteiger partial charge is 0.372 e. The number of carbonyl (C=O) groups excluding carboxylic acids is 3. The summed E-state index contributed by atoms with van der Waals surface area (Å²) in [6, 6.07) is 0. The third kappa shape index (κ3) is 4.45. The fraction of sp³-hybridized carbons (Fsp3) is 0.850. The molecule has 0 aromatic heterocycles. The Bertz CT molecular complexity index is 572. The first-order valence-electron chi connectivity index (χ1n) is 10.5. The van der Waals surface area contributed by atoms with E-state index in [0.717, 1.165) is 32.2 Å². The summed E-state index contributed by atoms with van der Waals surface area (Å²) in [5, 5.41) is 0. The lowest BCUT2D eigenvalue weighted by atomic mass is 9.89. The molecule has 0 radical (unpaired) electrons. The van der Waals surface area contributed by atoms with E-state index in [1.807, 2.05) is 16.7 Å². The molecule has 3 saturated heterocycles. The Labute approximate surface area is 162 Å². The molecule has 3 heterocycles. The molecule has 27 heavy (non-hydrogen) atoms. The van der Waals surface area contributed by atoms with Gasteiger partial charge in [0.05, 0.1) is 24.5 Å². The molecule has 1 unspecified atom stereocenters. The Hall–Kier alpha value is -1.63. The second kappa shape index (κ2) is 8.59. The first-order valence-corrected chi connectivity index (χ1v) is 10.5. The monoisotopic (exact) mass is 379 g/mol. The van der Waals surface area contributed by atoms with Crippen LogP contribution in [0.4, 0.5) is 0 Å². The van der Waals surface area contributed by atoms with Gasteiger partial charge >= 0.3 is 0 Å². The highest BCUT2D eigenvalue weighted by atomic mass is 16.5. The quantitative estimate of drug-likeness (QED) is 0.721. The Morgan fingerprint density at radius 3 is 2.52 bits per heavy atom. The maximum absolute atomic E-state index is 12.8. The smallest absolute Gasteiger partial charge is 0.227 e. The number of amides is 3. The zero-order valence-electron chi connectivity index (χ0n) is 16.7. The second-order valence-corrected chi connectivity index (χ2v) is 8.11. The molecule has 7 heteroatoms. The van der Waals surface area contributed by atoms with Crippen molar-refractivity contribution in [1.82, 2.24) is 14.7 Å². The molecule has 3 aliphatic rings. The summed E-state index contributed by atoms with van der Waals surface area (Å²) in [7, 11) is 0. The maximum atomic E-state index is 12.8. The minimum Gasteiger partial charge on any atom is -0.372 e. The highest BCUT2D eigenvalue weighted by Crippen LogP contribution is 2.31. The third-order valence-corrected chi connectivity index (χ3v) is 6.27. The normalized spacial score (nSPS) is 26.0. The molecule has 0 bridgehead atoms. The van der Waals surface area contributed by atoms with Gasteiger partial charge in [-0.2, -0.15) is 0 Å². The summed E-state index contributed by atoms with van der Waals surface area (Å²) in [4.78, 5) is 42.7. The number of ether oxygens (including phenoxy) is 1. The van der Waals surface area contributed by atoms with Gasteiger partial charge in [0.15, 0.2) is 0 Å². The lowest BCUT2D eigenvalue weighted by Crippen LogP contribution is -2.54. The van der Waals surface area contributed by atoms with Gasteiger partial charge in [-0.25, -0.2) is 0 Å². The van der Waals surface area contributed by atoms with Gasteiger partial charge in [-0.1, -0.05) is 13.3 Å². The number of likely N-dealkylation sites (tertiary alicyclic amines) is 2. The van der Waals surface area contributed by atoms with E-state index >= 15 is 0 Å². The van der Waals surface area contributed by atoms with Gasteiger partial charge in [0.2, 0.25) is 17.7 Å². The fourth-order valence-corrected chi connectivity index (χ4v) is 4.49. The Kier molecular flexibility index (Phi) is 6.40. The van der Waals surface area contributed by atoms with E-state index in [4.69, 9.17) is 4.74 Å². The number of carbonyl (C=O) groups is 3. The SMILES string of the molecule is CCCCN1CC2(CCN(C(=O)C3CC(=O)N(CC)C3)CC2)OCCC1=O. The van der Waals surface area contributed by atoms with Crippen LogP contribution in [-0.2, 0) is 19.1 Å². The zero-order chi connectivity index (χ0) is 19.4. The van der Waals surface area contributed by atoms with E-state index in [-0.39, 0.29) is 29.2 Å². The van der Waals surface area contributed by atoms with Crippen molar-refractivity contribution in [3.05, 3.63) is 0 Å². The first kappa shape index (κ1) is 20.1. The number of rotatable bonds is 5. The Morgan fingerprint density at radius 1 is 1.15 bits per heavy atom. The standard InChI is InChI=1S/C20H33N3O4/c1-3-5-9-23-15-20(27-12-6-17(23)24)7-10-22(11-8-20)19(26)16-13-18(25)21(4-2)14-16/h16H,3-15H2,1-2H3. The van der Waals surface area contributed by atoms with Crippen LogP contribution in [0.2, 0.25) is 0 Å². The topological polar surface area (TPSA) is 70.2 Å². The first-order chi connectivity index (χ1) is 13.0. The molecule has 3 fully saturated rings. The van der Waals surface area contributed by atoms with Gasteiger partial charge in [-0.3, -0.25) is 14.4 Å². The van der Waals surface area contributed by atoms with Crippen LogP contribution in [0.15, 0.2) is 0 Å². The molecule has 3 aliphatic heterocycles. The molecule has 3 rings (SSSR count). The van der Waals surface area contributed by atoms with Crippen molar-refractivity contribution in [2.24, 2.45) is 5.92 Å². The lowest BCUT2D eigenvalue weighted by molar-refractivity contribution is -0.143. The summed E-state index contributed by atoms with van der Waals surface area (Å²) in [5.74, 6) is 0.162.